The van der Waals surface area contributed by atoms with Gasteiger partial charge >= 0.3 is 0 Å². The molecule has 22 fully saturated rings. The van der Waals surface area contributed by atoms with Crippen molar-refractivity contribution in [3.05, 3.63) is 12.2 Å². The Kier molecular flexibility index (Phi) is 26.6. The highest BCUT2D eigenvalue weighted by atomic mass is 16.7. The van der Waals surface area contributed by atoms with Crippen LogP contribution in [0.1, 0.15) is 420 Å². The molecule has 2 saturated heterocycles. The van der Waals surface area contributed by atoms with Gasteiger partial charge in [0.15, 0.2) is 11.6 Å². The lowest BCUT2D eigenvalue weighted by molar-refractivity contribution is -0.343. The minimum absolute atomic E-state index is 0.0202. The fourth-order valence-corrected chi connectivity index (χ4v) is 42.3. The topological polar surface area (TPSA) is 138 Å². The Morgan fingerprint density at radius 2 is 0.592 bits per heavy atom. The molecule has 9 nitrogen and oxygen atoms in total. The fourth-order valence-electron chi connectivity index (χ4n) is 42.3. The monoisotopic (exact) mass is 1730 g/mol. The molecule has 0 bridgehead atoms. The summed E-state index contributed by atoms with van der Waals surface area (Å²) in [6, 6.07) is 0. The van der Waals surface area contributed by atoms with E-state index in [2.05, 4.69) is 138 Å². The third-order valence-electron chi connectivity index (χ3n) is 49.9. The summed E-state index contributed by atoms with van der Waals surface area (Å²) in [5.74, 6) is 22.4. The average molecular weight is 1730 g/mol. The van der Waals surface area contributed by atoms with Gasteiger partial charge in [-0.1, -0.05) is 201 Å². The smallest absolute Gasteiger partial charge is 0.176 e. The predicted molar refractivity (Wildman–Crippen MR) is 510 cm³/mol. The van der Waals surface area contributed by atoms with Crippen LogP contribution in [0, 0.1) is 226 Å². The maximum absolute atomic E-state index is 11.5. The van der Waals surface area contributed by atoms with E-state index in [1.807, 2.05) is 0 Å². The van der Waals surface area contributed by atoms with E-state index in [4.69, 9.17) is 18.9 Å². The van der Waals surface area contributed by atoms with Crippen LogP contribution >= 0.6 is 0 Å². The van der Waals surface area contributed by atoms with Gasteiger partial charge in [-0.25, -0.2) is 0 Å². The molecule has 5 N–H and O–H groups in total. The number of hydrogen-bond donors (Lipinski definition) is 5. The second kappa shape index (κ2) is 35.1. The molecule has 2 heterocycles. The molecule has 0 aromatic carbocycles. The van der Waals surface area contributed by atoms with Crippen LogP contribution in [0.5, 0.6) is 0 Å². The summed E-state index contributed by atoms with van der Waals surface area (Å²) in [4.78, 5) is 0. The van der Waals surface area contributed by atoms with Crippen LogP contribution < -0.4 is 0 Å². The van der Waals surface area contributed by atoms with E-state index >= 15 is 0 Å². The van der Waals surface area contributed by atoms with E-state index in [1.165, 1.54) is 237 Å². The van der Waals surface area contributed by atoms with Gasteiger partial charge in [0.1, 0.15) is 0 Å². The summed E-state index contributed by atoms with van der Waals surface area (Å²) in [5, 5.41) is 57.0. The second-order valence-electron chi connectivity index (χ2n) is 54.4. The van der Waals surface area contributed by atoms with Crippen LogP contribution in [0.2, 0.25) is 0 Å². The molecular weight excluding hydrogens is 1540 g/mol. The van der Waals surface area contributed by atoms with Gasteiger partial charge in [0.2, 0.25) is 0 Å². The molecule has 20 saturated carbocycles. The molecule has 714 valence electrons. The summed E-state index contributed by atoms with van der Waals surface area (Å²) < 4.78 is 25.0. The Bertz CT molecular complexity index is 3600. The van der Waals surface area contributed by atoms with Crippen molar-refractivity contribution in [2.24, 2.45) is 226 Å². The molecule has 125 heavy (non-hydrogen) atoms. The summed E-state index contributed by atoms with van der Waals surface area (Å²) in [6.45, 7) is 54.1. The minimum atomic E-state index is -0.515. The predicted octanol–water partition coefficient (Wildman–Crippen LogP) is 27.7. The van der Waals surface area contributed by atoms with Gasteiger partial charge in [0, 0.05) is 18.3 Å². The molecule has 0 aromatic heterocycles. The zero-order valence-corrected chi connectivity index (χ0v) is 84.4. The van der Waals surface area contributed by atoms with Gasteiger partial charge in [0.25, 0.3) is 0 Å². The Morgan fingerprint density at radius 1 is 0.304 bits per heavy atom. The average Bonchev–Trinajstić information content (AvgIpc) is 1.45. The first-order chi connectivity index (χ1) is 59.3. The number of hydrogen-bond acceptors (Lipinski definition) is 9. The van der Waals surface area contributed by atoms with E-state index < -0.39 is 11.6 Å². The van der Waals surface area contributed by atoms with E-state index in [-0.39, 0.29) is 57.6 Å². The normalized spacial score (nSPS) is 56.1. The molecule has 10 unspecified atom stereocenters. The molecule has 0 amide bonds. The van der Waals surface area contributed by atoms with Gasteiger partial charge in [-0.15, -0.1) is 0 Å². The third kappa shape index (κ3) is 14.8. The van der Waals surface area contributed by atoms with Crippen LogP contribution in [0.4, 0.5) is 0 Å². The maximum atomic E-state index is 11.5. The van der Waals surface area contributed by atoms with Crippen molar-refractivity contribution in [2.45, 2.75) is 463 Å². The number of rotatable bonds is 6. The Balaban J connectivity index is 0.000000106. The Hall–Kier alpha value is -0.620. The van der Waals surface area contributed by atoms with Gasteiger partial charge < -0.3 is 44.5 Å². The van der Waals surface area contributed by atoms with Crippen molar-refractivity contribution in [3.8, 4) is 0 Å². The number of aliphatic hydroxyl groups is 5. The minimum Gasteiger partial charge on any atom is -0.393 e. The zero-order valence-electron chi connectivity index (χ0n) is 84.4. The Morgan fingerprint density at radius 3 is 0.912 bits per heavy atom. The first kappa shape index (κ1) is 94.7. The molecule has 22 aliphatic rings. The van der Waals surface area contributed by atoms with E-state index in [0.717, 1.165) is 213 Å². The molecule has 2 spiro atoms. The van der Waals surface area contributed by atoms with Gasteiger partial charge in [-0.05, 0) is 428 Å². The van der Waals surface area contributed by atoms with Crippen molar-refractivity contribution in [3.63, 3.8) is 0 Å². The van der Waals surface area contributed by atoms with Crippen LogP contribution in [0.25, 0.3) is 0 Å². The number of aliphatic hydroxyl groups excluding tert-OH is 5. The molecule has 20 aliphatic carbocycles. The third-order valence-corrected chi connectivity index (χ3v) is 49.9. The lowest BCUT2D eigenvalue weighted by Gasteiger charge is -2.63. The molecule has 0 radical (unpaired) electrons. The first-order valence-electron chi connectivity index (χ1n) is 56.0. The van der Waals surface area contributed by atoms with Gasteiger partial charge in [-0.2, -0.15) is 0 Å². The van der Waals surface area contributed by atoms with E-state index in [1.54, 1.807) is 0 Å². The quantitative estimate of drug-likeness (QED) is 0.165. The molecule has 9 heteroatoms. The molecular formula is C116H196O9. The van der Waals surface area contributed by atoms with Crippen molar-refractivity contribution < 1.29 is 44.5 Å². The van der Waals surface area contributed by atoms with Crippen molar-refractivity contribution in [2.75, 3.05) is 26.4 Å². The number of ether oxygens (including phenoxy) is 4. The van der Waals surface area contributed by atoms with Crippen LogP contribution in [-0.2, 0) is 18.9 Å². The Labute approximate surface area is 766 Å². The second-order valence-corrected chi connectivity index (χ2v) is 54.4. The maximum Gasteiger partial charge on any atom is 0.176 e. The highest BCUT2D eigenvalue weighted by molar-refractivity contribution is 5.26. The van der Waals surface area contributed by atoms with Crippen LogP contribution in [-0.4, -0.2) is 94.1 Å². The van der Waals surface area contributed by atoms with Gasteiger partial charge in [0.05, 0.1) is 67.8 Å². The van der Waals surface area contributed by atoms with Crippen LogP contribution in [0.3, 0.4) is 0 Å². The van der Waals surface area contributed by atoms with E-state index in [9.17, 15) is 25.5 Å². The first-order valence-corrected chi connectivity index (χ1v) is 56.0. The lowest BCUT2D eigenvalue weighted by Crippen LogP contribution is -2.64. The molecule has 22 rings (SSSR count). The summed E-state index contributed by atoms with van der Waals surface area (Å²) >= 11 is 0. The van der Waals surface area contributed by atoms with Gasteiger partial charge in [-0.3, -0.25) is 0 Å². The van der Waals surface area contributed by atoms with E-state index in [0.29, 0.717) is 69.9 Å². The molecule has 2 aliphatic heterocycles. The zero-order chi connectivity index (χ0) is 88.7. The standard InChI is InChI=1S/2C25H44O.C23H38O3.C22H36O3.C21H34O/c2*1-6-7-17(3)20-10-11-21-19-9-8-18-14-16(2)12-13-24(18,4)22(19)15-23(26)25(20,21)5;1-15-7-9-21(2)16(13-15)5-6-17-18-8-10-23(25-11-4-12-26-23)22(18,3)20(24)14-19(17)21;1-14-6-8-20(2)15(12-14)4-5-16-17-7-9-22(24-10-11-25-22)21(17,3)19(23)13-18(16)20;1-13-9-10-20(3)15(11-13)6-7-16-17-8-5-14(2)21(17,4)19(22)12-18(16)20/h2*16-23,26H,6-15H2,1-5H3;15-20,24H,4-14H2,1-3H3;14-19,23H,4-13H2,1-3H3;13,15-19,22H,2,5-12H2,1,3-4H3/t2*16-,17-,18-,19+,20-,21+,22?,23?,24+,25-;15-,16-,17+,18+,19?,20?,21+,22-;14-,15-,16+,17+,18?,19?,20+,21-;13-,15-,16+,17+,18?,19?,20+,21-/m11111/s1. The van der Waals surface area contributed by atoms with Crippen molar-refractivity contribution >= 4 is 0 Å². The molecule has 0 aromatic rings. The largest absolute Gasteiger partial charge is 0.393 e. The summed E-state index contributed by atoms with van der Waals surface area (Å²) in [5.41, 5.74) is 3.75. The SMILES string of the molecule is C=C1CC[C@H]2[C@@H]3CC[C@@H]4C[C@H](C)CC[C@]4(C)C3CC(O)[C@]12C.CCC[C@@H](C)[C@H]1CC[C@H]2[C@@H]3CC[C@@H]4C[C@H](C)CC[C@]4(C)C3CC(O)[C@]12C.CCC[C@@H](C)[C@H]1CC[C@H]2[C@@H]3CC[C@@H]4C[C@H](C)CC[C@]4(C)C3CC(O)[C@]12C.C[C@@H]1CC[C@]2(C)C3CC(O)[C@@]4(C)[C@@H](CCC45OCCCO5)[C@@H]3CC[C@@H]2C1.C[C@@H]1CC[C@]2(C)C3CC(O)[C@@]4(C)[C@@H](CCC45OCCO5)[C@@H]3CC[C@@H]2C1. The van der Waals surface area contributed by atoms with Crippen molar-refractivity contribution in [1.29, 1.82) is 0 Å². The highest BCUT2D eigenvalue weighted by Gasteiger charge is 2.74. The number of fused-ring (bicyclic) bond motifs is 27. The summed E-state index contributed by atoms with van der Waals surface area (Å²) in [6.07, 6.45) is 58.3. The fraction of sp³-hybridized carbons (Fsp3) is 0.983. The van der Waals surface area contributed by atoms with Crippen molar-refractivity contribution in [1.82, 2.24) is 0 Å². The molecule has 44 atom stereocenters. The van der Waals surface area contributed by atoms with Crippen LogP contribution in [0.15, 0.2) is 12.2 Å². The summed E-state index contributed by atoms with van der Waals surface area (Å²) in [7, 11) is 0. The lowest BCUT2D eigenvalue weighted by atomic mass is 9.43. The highest BCUT2D eigenvalue weighted by Crippen LogP contribution is 2.76.